The summed E-state index contributed by atoms with van der Waals surface area (Å²) in [5.74, 6) is 1.37. The van der Waals surface area contributed by atoms with Crippen LogP contribution in [-0.4, -0.2) is 61.4 Å². The summed E-state index contributed by atoms with van der Waals surface area (Å²) in [5, 5.41) is 1.17. The summed E-state index contributed by atoms with van der Waals surface area (Å²) in [7, 11) is 1.77. The van der Waals surface area contributed by atoms with Gasteiger partial charge in [0, 0.05) is 62.7 Å². The van der Waals surface area contributed by atoms with E-state index in [1.165, 1.54) is 26.8 Å². The summed E-state index contributed by atoms with van der Waals surface area (Å²) in [5.41, 5.74) is 4.08. The number of pyridine rings is 1. The number of aliphatic imine (C=N–C) groups is 1. The highest BCUT2D eigenvalue weighted by atomic mass is 32.2. The molecule has 2 aromatic rings. The first-order valence-corrected chi connectivity index (χ1v) is 12.2. The smallest absolute Gasteiger partial charge is 0.154 e. The third-order valence-electron chi connectivity index (χ3n) is 6.14. The maximum absolute atomic E-state index is 5.21. The SMILES string of the molecule is COCCN1CCN(c2ccnc(N=C3CCCc4ccc(C(C)C)cc4S3)c2)CC1. The first-order chi connectivity index (χ1) is 15.1. The van der Waals surface area contributed by atoms with Crippen LogP contribution in [0.5, 0.6) is 0 Å². The molecule has 1 fully saturated rings. The normalized spacial score (nSPS) is 19.0. The van der Waals surface area contributed by atoms with E-state index in [0.29, 0.717) is 5.92 Å². The zero-order chi connectivity index (χ0) is 21.6. The molecule has 0 spiro atoms. The average molecular weight is 439 g/mol. The van der Waals surface area contributed by atoms with Gasteiger partial charge in [-0.3, -0.25) is 4.90 Å². The summed E-state index contributed by atoms with van der Waals surface area (Å²) in [4.78, 5) is 15.8. The molecule has 0 radical (unpaired) electrons. The fraction of sp³-hybridized carbons (Fsp3) is 0.520. The Balaban J connectivity index is 1.46. The molecule has 0 N–H and O–H groups in total. The highest BCUT2D eigenvalue weighted by Crippen LogP contribution is 2.34. The first-order valence-electron chi connectivity index (χ1n) is 11.4. The Morgan fingerprint density at radius 1 is 1.10 bits per heavy atom. The molecular formula is C25H34N4OS. The molecule has 2 aliphatic heterocycles. The lowest BCUT2D eigenvalue weighted by Crippen LogP contribution is -2.47. The molecule has 6 heteroatoms. The van der Waals surface area contributed by atoms with Crippen LogP contribution in [0.2, 0.25) is 0 Å². The minimum atomic E-state index is 0.544. The number of methoxy groups -OCH3 is 1. The number of fused-ring (bicyclic) bond motifs is 1. The Hall–Kier alpha value is -1.89. The molecule has 0 unspecified atom stereocenters. The van der Waals surface area contributed by atoms with Crippen molar-refractivity contribution in [3.63, 3.8) is 0 Å². The fourth-order valence-electron chi connectivity index (χ4n) is 4.16. The van der Waals surface area contributed by atoms with Gasteiger partial charge in [0.1, 0.15) is 0 Å². The van der Waals surface area contributed by atoms with Crippen LogP contribution < -0.4 is 4.90 Å². The molecule has 1 aromatic carbocycles. The molecule has 0 saturated carbocycles. The molecule has 4 rings (SSSR count). The predicted molar refractivity (Wildman–Crippen MR) is 131 cm³/mol. The van der Waals surface area contributed by atoms with Crippen molar-refractivity contribution in [2.24, 2.45) is 4.99 Å². The van der Waals surface area contributed by atoms with Crippen molar-refractivity contribution >= 4 is 28.3 Å². The standard InChI is InChI=1S/C25H34N4OS/c1-19(2)21-8-7-20-5-4-6-25(31-23(20)17-21)27-24-18-22(9-10-26-24)29-13-11-28(12-14-29)15-16-30-3/h7-10,17-19H,4-6,11-16H2,1-3H3. The minimum Gasteiger partial charge on any atom is -0.383 e. The molecule has 0 amide bonds. The number of hydrogen-bond acceptors (Lipinski definition) is 6. The molecule has 0 bridgehead atoms. The van der Waals surface area contributed by atoms with E-state index in [2.05, 4.69) is 59.0 Å². The largest absolute Gasteiger partial charge is 0.383 e. The second kappa shape index (κ2) is 10.6. The van der Waals surface area contributed by atoms with Crippen LogP contribution >= 0.6 is 11.8 Å². The van der Waals surface area contributed by atoms with Crippen LogP contribution in [0.25, 0.3) is 0 Å². The Bertz CT molecular complexity index is 906. The van der Waals surface area contributed by atoms with Gasteiger partial charge in [0.2, 0.25) is 0 Å². The zero-order valence-corrected chi connectivity index (χ0v) is 19.8. The van der Waals surface area contributed by atoms with Crippen molar-refractivity contribution in [2.45, 2.75) is 43.9 Å². The van der Waals surface area contributed by atoms with E-state index in [0.717, 1.165) is 64.4 Å². The van der Waals surface area contributed by atoms with Crippen LogP contribution in [-0.2, 0) is 11.2 Å². The second-order valence-electron chi connectivity index (χ2n) is 8.68. The number of rotatable bonds is 6. The molecule has 31 heavy (non-hydrogen) atoms. The zero-order valence-electron chi connectivity index (χ0n) is 19.0. The molecule has 0 aliphatic carbocycles. The van der Waals surface area contributed by atoms with E-state index in [1.54, 1.807) is 7.11 Å². The maximum atomic E-state index is 5.21. The van der Waals surface area contributed by atoms with Crippen molar-refractivity contribution < 1.29 is 4.74 Å². The Kier molecular flexibility index (Phi) is 7.64. The lowest BCUT2D eigenvalue weighted by atomic mass is 10.00. The van der Waals surface area contributed by atoms with Gasteiger partial charge in [-0.2, -0.15) is 0 Å². The Morgan fingerprint density at radius 2 is 1.94 bits per heavy atom. The van der Waals surface area contributed by atoms with Gasteiger partial charge in [0.25, 0.3) is 0 Å². The Morgan fingerprint density at radius 3 is 2.71 bits per heavy atom. The molecule has 1 aromatic heterocycles. The Labute approximate surface area is 190 Å². The first kappa shape index (κ1) is 22.3. The van der Waals surface area contributed by atoms with Crippen LogP contribution in [0.3, 0.4) is 0 Å². The van der Waals surface area contributed by atoms with Crippen LogP contribution in [0.4, 0.5) is 11.5 Å². The highest BCUT2D eigenvalue weighted by Gasteiger charge is 2.18. The van der Waals surface area contributed by atoms with E-state index < -0.39 is 0 Å². The van der Waals surface area contributed by atoms with E-state index in [1.807, 2.05) is 18.0 Å². The summed E-state index contributed by atoms with van der Waals surface area (Å²) in [6, 6.07) is 11.2. The maximum Gasteiger partial charge on any atom is 0.154 e. The molecule has 5 nitrogen and oxygen atoms in total. The highest BCUT2D eigenvalue weighted by molar-refractivity contribution is 8.14. The summed E-state index contributed by atoms with van der Waals surface area (Å²) >= 11 is 1.83. The van der Waals surface area contributed by atoms with Gasteiger partial charge in [0.05, 0.1) is 11.7 Å². The minimum absolute atomic E-state index is 0.544. The number of benzene rings is 1. The third kappa shape index (κ3) is 5.88. The predicted octanol–water partition coefficient (Wildman–Crippen LogP) is 5.13. The topological polar surface area (TPSA) is 41.0 Å². The monoisotopic (exact) mass is 438 g/mol. The van der Waals surface area contributed by atoms with Gasteiger partial charge in [-0.25, -0.2) is 9.98 Å². The number of nitrogens with zero attached hydrogens (tertiary/aromatic N) is 4. The number of hydrogen-bond donors (Lipinski definition) is 0. The van der Waals surface area contributed by atoms with Gasteiger partial charge in [-0.15, -0.1) is 0 Å². The van der Waals surface area contributed by atoms with E-state index in [4.69, 9.17) is 9.73 Å². The van der Waals surface area contributed by atoms with Crippen molar-refractivity contribution in [3.05, 3.63) is 47.7 Å². The fourth-order valence-corrected chi connectivity index (χ4v) is 5.30. The van der Waals surface area contributed by atoms with Crippen molar-refractivity contribution in [1.82, 2.24) is 9.88 Å². The number of piperazine rings is 1. The van der Waals surface area contributed by atoms with Gasteiger partial charge >= 0.3 is 0 Å². The van der Waals surface area contributed by atoms with Gasteiger partial charge in [0.15, 0.2) is 5.82 Å². The van der Waals surface area contributed by atoms with E-state index in [-0.39, 0.29) is 0 Å². The number of anilines is 1. The number of thioether (sulfide) groups is 1. The lowest BCUT2D eigenvalue weighted by Gasteiger charge is -2.35. The molecule has 0 atom stereocenters. The summed E-state index contributed by atoms with van der Waals surface area (Å²) < 4.78 is 5.21. The lowest BCUT2D eigenvalue weighted by molar-refractivity contribution is 0.144. The molecular weight excluding hydrogens is 404 g/mol. The molecule has 1 saturated heterocycles. The average Bonchev–Trinajstić information content (AvgIpc) is 2.99. The molecule has 2 aliphatic rings. The summed E-state index contributed by atoms with van der Waals surface area (Å²) in [6.45, 7) is 10.5. The van der Waals surface area contributed by atoms with Gasteiger partial charge in [-0.05, 0) is 48.4 Å². The van der Waals surface area contributed by atoms with Crippen molar-refractivity contribution in [3.8, 4) is 0 Å². The van der Waals surface area contributed by atoms with Crippen LogP contribution in [0, 0.1) is 0 Å². The number of aryl methyl sites for hydroxylation is 1. The van der Waals surface area contributed by atoms with E-state index >= 15 is 0 Å². The van der Waals surface area contributed by atoms with Crippen molar-refractivity contribution in [2.75, 3.05) is 51.3 Å². The number of aromatic nitrogens is 1. The third-order valence-corrected chi connectivity index (χ3v) is 7.27. The van der Waals surface area contributed by atoms with Crippen LogP contribution in [0.15, 0.2) is 46.4 Å². The number of ether oxygens (including phenoxy) is 1. The second-order valence-corrected chi connectivity index (χ2v) is 9.79. The summed E-state index contributed by atoms with van der Waals surface area (Å²) in [6.07, 6.45) is 5.18. The van der Waals surface area contributed by atoms with Gasteiger partial charge in [-0.1, -0.05) is 37.7 Å². The van der Waals surface area contributed by atoms with E-state index in [9.17, 15) is 0 Å². The molecule has 166 valence electrons. The van der Waals surface area contributed by atoms with Crippen molar-refractivity contribution in [1.29, 1.82) is 0 Å². The van der Waals surface area contributed by atoms with Gasteiger partial charge < -0.3 is 9.64 Å². The molecule has 3 heterocycles. The van der Waals surface area contributed by atoms with Crippen LogP contribution in [0.1, 0.15) is 43.7 Å². The quantitative estimate of drug-likeness (QED) is 0.625.